The van der Waals surface area contributed by atoms with E-state index in [2.05, 4.69) is 42.8 Å². The summed E-state index contributed by atoms with van der Waals surface area (Å²) in [6, 6.07) is 4.31. The number of hydrogen-bond donors (Lipinski definition) is 0. The Labute approximate surface area is 133 Å². The second-order valence-electron chi connectivity index (χ2n) is 5.34. The molecule has 0 aliphatic rings. The summed E-state index contributed by atoms with van der Waals surface area (Å²) in [6.07, 6.45) is 0. The van der Waals surface area contributed by atoms with E-state index in [1.54, 1.807) is 7.11 Å². The molecule has 20 heavy (non-hydrogen) atoms. The van der Waals surface area contributed by atoms with Gasteiger partial charge in [0.25, 0.3) is 0 Å². The molecule has 0 atom stereocenters. The van der Waals surface area contributed by atoms with Crippen molar-refractivity contribution >= 4 is 29.9 Å². The third-order valence-electron chi connectivity index (χ3n) is 2.90. The summed E-state index contributed by atoms with van der Waals surface area (Å²) in [5.41, 5.74) is 3.50. The molecule has 0 radical (unpaired) electrons. The zero-order valence-electron chi connectivity index (χ0n) is 12.2. The van der Waals surface area contributed by atoms with E-state index in [-0.39, 0.29) is 35.3 Å². The van der Waals surface area contributed by atoms with Crippen LogP contribution in [0.5, 0.6) is 5.75 Å². The molecule has 0 saturated carbocycles. The molecule has 0 aromatic heterocycles. The Bertz CT molecular complexity index is 511. The van der Waals surface area contributed by atoms with Crippen LogP contribution in [-0.2, 0) is 16.1 Å². The van der Waals surface area contributed by atoms with Crippen LogP contribution in [0.1, 0.15) is 37.5 Å². The molecule has 0 N–H and O–H groups in total. The minimum absolute atomic E-state index is 0.0507. The van der Waals surface area contributed by atoms with Crippen molar-refractivity contribution in [2.45, 2.75) is 36.8 Å². The van der Waals surface area contributed by atoms with E-state index < -0.39 is 0 Å². The fraction of sp³-hybridized carbons (Fsp3) is 0.467. The van der Waals surface area contributed by atoms with E-state index in [1.165, 1.54) is 5.56 Å². The van der Waals surface area contributed by atoms with Gasteiger partial charge >= 0.3 is 134 Å². The molecule has 0 amide bonds. The Morgan fingerprint density at radius 2 is 1.50 bits per heavy atom. The van der Waals surface area contributed by atoms with Crippen molar-refractivity contribution < 1.29 is 4.74 Å². The second kappa shape index (κ2) is 7.72. The van der Waals surface area contributed by atoms with Gasteiger partial charge in [-0.15, -0.1) is 0 Å². The Morgan fingerprint density at radius 1 is 1.05 bits per heavy atom. The first-order valence-electron chi connectivity index (χ1n) is 6.16. The van der Waals surface area contributed by atoms with E-state index in [0.29, 0.717) is 0 Å². The monoisotopic (exact) mass is 402 g/mol. The molecule has 0 heterocycles. The molecule has 1 aromatic carbocycles. The van der Waals surface area contributed by atoms with Gasteiger partial charge in [-0.1, -0.05) is 0 Å². The normalized spacial score (nSPS) is 10.7. The first-order valence-corrected chi connectivity index (χ1v) is 10.3. The summed E-state index contributed by atoms with van der Waals surface area (Å²) in [5, 5.41) is 19.2. The molecule has 0 bridgehead atoms. The van der Waals surface area contributed by atoms with Crippen molar-refractivity contribution in [3.8, 4) is 15.7 Å². The number of ether oxygens (including phenoxy) is 1. The zero-order valence-corrected chi connectivity index (χ0v) is 15.6. The van der Waals surface area contributed by atoms with Crippen LogP contribution in [-0.4, -0.2) is 37.0 Å². The quantitative estimate of drug-likeness (QED) is 0.714. The van der Waals surface area contributed by atoms with Crippen molar-refractivity contribution in [1.29, 1.82) is 10.5 Å². The average molecular weight is 400 g/mol. The number of benzene rings is 1. The second-order valence-corrected chi connectivity index (χ2v) is 8.53. The SMILES string of the molecule is COc1c(C[Se]C#N)cc(C(C)(C)C)cc1C[Se]C#N. The standard InChI is InChI=1S/C15H18N2OSe2/c1-15(2,3)13-5-11(7-19-9-16)14(18-4)12(6-13)8-20-10-17/h5-6H,7-8H2,1-4H3. The Hall–Kier alpha value is -0.961. The number of nitriles is 2. The van der Waals surface area contributed by atoms with Crippen LogP contribution in [0.4, 0.5) is 0 Å². The minimum atomic E-state index is -0.0680. The molecule has 0 unspecified atom stereocenters. The van der Waals surface area contributed by atoms with Crippen LogP contribution in [0.25, 0.3) is 0 Å². The van der Waals surface area contributed by atoms with Crippen molar-refractivity contribution in [2.24, 2.45) is 0 Å². The zero-order chi connectivity index (χ0) is 15.2. The first-order chi connectivity index (χ1) is 9.43. The number of hydrogen-bond acceptors (Lipinski definition) is 3. The molecule has 0 saturated heterocycles. The number of nitrogens with zero attached hydrogens (tertiary/aromatic N) is 2. The van der Waals surface area contributed by atoms with Crippen LogP contribution < -0.4 is 4.74 Å². The van der Waals surface area contributed by atoms with Gasteiger partial charge in [-0.3, -0.25) is 0 Å². The van der Waals surface area contributed by atoms with Crippen molar-refractivity contribution in [3.05, 3.63) is 28.8 Å². The molecule has 1 aromatic rings. The molecule has 0 aliphatic carbocycles. The summed E-state index contributed by atoms with van der Waals surface area (Å²) >= 11 is -0.136. The Balaban J connectivity index is 3.32. The molecule has 5 heteroatoms. The fourth-order valence-electron chi connectivity index (χ4n) is 1.88. The topological polar surface area (TPSA) is 56.8 Å². The van der Waals surface area contributed by atoms with Crippen LogP contribution >= 0.6 is 0 Å². The van der Waals surface area contributed by atoms with Gasteiger partial charge in [0.2, 0.25) is 0 Å². The predicted octanol–water partition coefficient (Wildman–Crippen LogP) is 2.36. The molecule has 3 nitrogen and oxygen atoms in total. The van der Waals surface area contributed by atoms with E-state index in [4.69, 9.17) is 15.3 Å². The predicted molar refractivity (Wildman–Crippen MR) is 81.8 cm³/mol. The molecular formula is C15H18N2OSe2. The maximum absolute atomic E-state index is 8.83. The van der Waals surface area contributed by atoms with Gasteiger partial charge in [-0.25, -0.2) is 0 Å². The van der Waals surface area contributed by atoms with Gasteiger partial charge in [-0.05, 0) is 0 Å². The molecule has 0 aliphatic heterocycles. The van der Waals surface area contributed by atoms with Gasteiger partial charge in [-0.2, -0.15) is 0 Å². The summed E-state index contributed by atoms with van der Waals surface area (Å²) < 4.78 is 5.54. The van der Waals surface area contributed by atoms with Gasteiger partial charge in [0.15, 0.2) is 0 Å². The van der Waals surface area contributed by atoms with Crippen LogP contribution in [0.3, 0.4) is 0 Å². The van der Waals surface area contributed by atoms with Crippen molar-refractivity contribution in [3.63, 3.8) is 0 Å². The van der Waals surface area contributed by atoms with Crippen LogP contribution in [0.2, 0.25) is 0 Å². The van der Waals surface area contributed by atoms with Gasteiger partial charge in [0.05, 0.1) is 0 Å². The third-order valence-corrected chi connectivity index (χ3v) is 5.35. The maximum atomic E-state index is 8.83. The molecule has 1 rings (SSSR count). The van der Waals surface area contributed by atoms with E-state index in [1.807, 2.05) is 0 Å². The van der Waals surface area contributed by atoms with E-state index >= 15 is 0 Å². The van der Waals surface area contributed by atoms with E-state index in [9.17, 15) is 0 Å². The summed E-state index contributed by atoms with van der Waals surface area (Å²) in [4.78, 5) is 4.49. The molecular weight excluding hydrogens is 382 g/mol. The first kappa shape index (κ1) is 17.1. The fourth-order valence-corrected chi connectivity index (χ4v) is 3.71. The van der Waals surface area contributed by atoms with Crippen molar-refractivity contribution in [1.82, 2.24) is 0 Å². The number of methoxy groups -OCH3 is 1. The van der Waals surface area contributed by atoms with Gasteiger partial charge < -0.3 is 0 Å². The van der Waals surface area contributed by atoms with Crippen LogP contribution in [0, 0.1) is 20.5 Å². The molecule has 0 fully saturated rings. The van der Waals surface area contributed by atoms with Gasteiger partial charge in [0, 0.05) is 0 Å². The number of rotatable bonds is 5. The van der Waals surface area contributed by atoms with Crippen molar-refractivity contribution in [2.75, 3.05) is 7.11 Å². The Kier molecular flexibility index (Phi) is 6.60. The summed E-state index contributed by atoms with van der Waals surface area (Å²) in [5.74, 6) is 0.868. The average Bonchev–Trinajstić information content (AvgIpc) is 2.40. The Morgan fingerprint density at radius 3 is 1.80 bits per heavy atom. The van der Waals surface area contributed by atoms with Gasteiger partial charge in [0.1, 0.15) is 0 Å². The summed E-state index contributed by atoms with van der Waals surface area (Å²) in [7, 11) is 1.66. The summed E-state index contributed by atoms with van der Waals surface area (Å²) in [6.45, 7) is 6.52. The molecule has 106 valence electrons. The van der Waals surface area contributed by atoms with Crippen LogP contribution in [0.15, 0.2) is 12.1 Å². The van der Waals surface area contributed by atoms with E-state index in [0.717, 1.165) is 27.5 Å². The third kappa shape index (κ3) is 4.55. The molecule has 0 spiro atoms.